The first kappa shape index (κ1) is 12.6. The molecule has 3 rings (SSSR count). The fourth-order valence-electron chi connectivity index (χ4n) is 2.17. The number of aromatic nitrogens is 2. The molecule has 2 aromatic heterocycles. The van der Waals surface area contributed by atoms with Gasteiger partial charge in [0.15, 0.2) is 0 Å². The van der Waals surface area contributed by atoms with Gasteiger partial charge in [-0.1, -0.05) is 24.3 Å². The van der Waals surface area contributed by atoms with Gasteiger partial charge in [0.1, 0.15) is 5.52 Å². The van der Waals surface area contributed by atoms with E-state index >= 15 is 0 Å². The highest BCUT2D eigenvalue weighted by molar-refractivity contribution is 5.91. The van der Waals surface area contributed by atoms with Gasteiger partial charge >= 0.3 is 0 Å². The number of ether oxygens (including phenoxy) is 1. The lowest BCUT2D eigenvalue weighted by molar-refractivity contribution is 0.399. The molecule has 1 aromatic carbocycles. The number of hydrogen-bond donors (Lipinski definition) is 1. The summed E-state index contributed by atoms with van der Waals surface area (Å²) in [6, 6.07) is 13.9. The summed E-state index contributed by atoms with van der Waals surface area (Å²) >= 11 is 0. The number of nitrogens with zero attached hydrogens (tertiary/aromatic N) is 2. The SMILES string of the molecule is COc1ccc2nccc(-c3ccc(CN)cc3)c2n1. The zero-order valence-corrected chi connectivity index (χ0v) is 11.2. The maximum atomic E-state index is 5.63. The van der Waals surface area contributed by atoms with Crippen LogP contribution in [0.4, 0.5) is 0 Å². The van der Waals surface area contributed by atoms with Crippen molar-refractivity contribution in [2.75, 3.05) is 7.11 Å². The highest BCUT2D eigenvalue weighted by Gasteiger charge is 2.07. The van der Waals surface area contributed by atoms with Crippen LogP contribution in [0.5, 0.6) is 5.88 Å². The molecule has 0 amide bonds. The fourth-order valence-corrected chi connectivity index (χ4v) is 2.17. The second-order valence-corrected chi connectivity index (χ2v) is 4.48. The first-order valence-electron chi connectivity index (χ1n) is 6.41. The second kappa shape index (κ2) is 5.27. The maximum Gasteiger partial charge on any atom is 0.213 e. The highest BCUT2D eigenvalue weighted by Crippen LogP contribution is 2.27. The summed E-state index contributed by atoms with van der Waals surface area (Å²) in [4.78, 5) is 8.84. The van der Waals surface area contributed by atoms with E-state index in [9.17, 15) is 0 Å². The van der Waals surface area contributed by atoms with Gasteiger partial charge in [0.05, 0.1) is 12.6 Å². The molecule has 3 aromatic rings. The zero-order valence-electron chi connectivity index (χ0n) is 11.2. The third-order valence-corrected chi connectivity index (χ3v) is 3.27. The van der Waals surface area contributed by atoms with Crippen molar-refractivity contribution in [2.24, 2.45) is 5.73 Å². The molecule has 0 atom stereocenters. The molecule has 0 aliphatic heterocycles. The zero-order chi connectivity index (χ0) is 13.9. The molecule has 0 fully saturated rings. The molecule has 0 spiro atoms. The molecule has 0 aliphatic rings. The van der Waals surface area contributed by atoms with Crippen molar-refractivity contribution in [3.63, 3.8) is 0 Å². The van der Waals surface area contributed by atoms with Crippen LogP contribution in [0.25, 0.3) is 22.2 Å². The normalized spacial score (nSPS) is 10.7. The average Bonchev–Trinajstić information content (AvgIpc) is 2.54. The molecule has 4 heteroatoms. The van der Waals surface area contributed by atoms with Crippen molar-refractivity contribution in [2.45, 2.75) is 6.54 Å². The molecular formula is C16H15N3O. The summed E-state index contributed by atoms with van der Waals surface area (Å²) in [5.74, 6) is 0.588. The number of nitrogens with two attached hydrogens (primary N) is 1. The van der Waals surface area contributed by atoms with Crippen LogP contribution >= 0.6 is 0 Å². The lowest BCUT2D eigenvalue weighted by Crippen LogP contribution is -1.95. The van der Waals surface area contributed by atoms with Gasteiger partial charge in [0, 0.05) is 24.4 Å². The van der Waals surface area contributed by atoms with E-state index in [0.717, 1.165) is 27.7 Å². The summed E-state index contributed by atoms with van der Waals surface area (Å²) in [5, 5.41) is 0. The molecule has 0 bridgehead atoms. The third kappa shape index (κ3) is 2.21. The van der Waals surface area contributed by atoms with Crippen LogP contribution in [-0.4, -0.2) is 17.1 Å². The molecule has 0 unspecified atom stereocenters. The molecule has 100 valence electrons. The first-order valence-corrected chi connectivity index (χ1v) is 6.41. The number of methoxy groups -OCH3 is 1. The molecule has 0 aliphatic carbocycles. The lowest BCUT2D eigenvalue weighted by Gasteiger charge is -2.07. The second-order valence-electron chi connectivity index (χ2n) is 4.48. The van der Waals surface area contributed by atoms with Crippen molar-refractivity contribution in [3.8, 4) is 17.0 Å². The molecule has 2 N–H and O–H groups in total. The fraction of sp³-hybridized carbons (Fsp3) is 0.125. The smallest absolute Gasteiger partial charge is 0.213 e. The lowest BCUT2D eigenvalue weighted by atomic mass is 10.0. The molecule has 4 nitrogen and oxygen atoms in total. The van der Waals surface area contributed by atoms with Crippen LogP contribution < -0.4 is 10.5 Å². The van der Waals surface area contributed by atoms with E-state index < -0.39 is 0 Å². The Morgan fingerprint density at radius 2 is 1.85 bits per heavy atom. The largest absolute Gasteiger partial charge is 0.481 e. The maximum absolute atomic E-state index is 5.63. The minimum absolute atomic E-state index is 0.545. The van der Waals surface area contributed by atoms with Crippen molar-refractivity contribution in [1.82, 2.24) is 9.97 Å². The molecule has 0 saturated carbocycles. The van der Waals surface area contributed by atoms with Crippen LogP contribution in [0.3, 0.4) is 0 Å². The molecule has 20 heavy (non-hydrogen) atoms. The third-order valence-electron chi connectivity index (χ3n) is 3.27. The quantitative estimate of drug-likeness (QED) is 0.791. The summed E-state index contributed by atoms with van der Waals surface area (Å²) < 4.78 is 5.19. The topological polar surface area (TPSA) is 61.0 Å². The predicted octanol–water partition coefficient (Wildman–Crippen LogP) is 2.76. The van der Waals surface area contributed by atoms with Crippen molar-refractivity contribution in [1.29, 1.82) is 0 Å². The van der Waals surface area contributed by atoms with Crippen LogP contribution in [0.1, 0.15) is 5.56 Å². The van der Waals surface area contributed by atoms with Crippen LogP contribution in [-0.2, 0) is 6.54 Å². The van der Waals surface area contributed by atoms with Gasteiger partial charge < -0.3 is 10.5 Å². The van der Waals surface area contributed by atoms with E-state index in [2.05, 4.69) is 22.1 Å². The standard InChI is InChI=1S/C16H15N3O/c1-20-15-7-6-14-16(19-15)13(8-9-18-14)12-4-2-11(10-17)3-5-12/h2-9H,10,17H2,1H3. The van der Waals surface area contributed by atoms with E-state index in [1.54, 1.807) is 13.3 Å². The van der Waals surface area contributed by atoms with Gasteiger partial charge in [-0.25, -0.2) is 4.98 Å². The number of rotatable bonds is 3. The Morgan fingerprint density at radius 1 is 1.05 bits per heavy atom. The van der Waals surface area contributed by atoms with Crippen LogP contribution in [0, 0.1) is 0 Å². The van der Waals surface area contributed by atoms with Crippen LogP contribution in [0.2, 0.25) is 0 Å². The van der Waals surface area contributed by atoms with E-state index in [1.165, 1.54) is 0 Å². The number of fused-ring (bicyclic) bond motifs is 1. The Morgan fingerprint density at radius 3 is 2.55 bits per heavy atom. The van der Waals surface area contributed by atoms with Crippen LogP contribution in [0.15, 0.2) is 48.7 Å². The highest BCUT2D eigenvalue weighted by atomic mass is 16.5. The Hall–Kier alpha value is -2.46. The van der Waals surface area contributed by atoms with Gasteiger partial charge in [-0.05, 0) is 23.3 Å². The summed E-state index contributed by atoms with van der Waals surface area (Å²) in [6.07, 6.45) is 1.79. The van der Waals surface area contributed by atoms with Gasteiger partial charge in [0.2, 0.25) is 5.88 Å². The first-order chi connectivity index (χ1) is 9.81. The number of hydrogen-bond acceptors (Lipinski definition) is 4. The van der Waals surface area contributed by atoms with E-state index in [4.69, 9.17) is 10.5 Å². The number of benzene rings is 1. The van der Waals surface area contributed by atoms with Gasteiger partial charge in [-0.15, -0.1) is 0 Å². The van der Waals surface area contributed by atoms with E-state index in [1.807, 2.05) is 30.3 Å². The van der Waals surface area contributed by atoms with Gasteiger partial charge in [-0.2, -0.15) is 0 Å². The van der Waals surface area contributed by atoms with E-state index in [-0.39, 0.29) is 0 Å². The molecule has 0 radical (unpaired) electrons. The Kier molecular flexibility index (Phi) is 3.31. The van der Waals surface area contributed by atoms with Crippen molar-refractivity contribution < 1.29 is 4.74 Å². The Balaban J connectivity index is 2.18. The van der Waals surface area contributed by atoms with E-state index in [0.29, 0.717) is 12.4 Å². The summed E-state index contributed by atoms with van der Waals surface area (Å²) in [5.41, 5.74) is 10.6. The van der Waals surface area contributed by atoms with Crippen molar-refractivity contribution in [3.05, 3.63) is 54.2 Å². The minimum atomic E-state index is 0.545. The molecule has 2 heterocycles. The minimum Gasteiger partial charge on any atom is -0.481 e. The Bertz CT molecular complexity index is 738. The molecular weight excluding hydrogens is 250 g/mol. The Labute approximate surface area is 117 Å². The summed E-state index contributed by atoms with van der Waals surface area (Å²) in [7, 11) is 1.61. The number of pyridine rings is 2. The van der Waals surface area contributed by atoms with Gasteiger partial charge in [0.25, 0.3) is 0 Å². The monoisotopic (exact) mass is 265 g/mol. The van der Waals surface area contributed by atoms with Crippen molar-refractivity contribution >= 4 is 11.0 Å². The average molecular weight is 265 g/mol. The predicted molar refractivity (Wildman–Crippen MR) is 79.4 cm³/mol. The van der Waals surface area contributed by atoms with Gasteiger partial charge in [-0.3, -0.25) is 4.98 Å². The molecule has 0 saturated heterocycles. The summed E-state index contributed by atoms with van der Waals surface area (Å²) in [6.45, 7) is 0.545.